The fourth-order valence-electron chi connectivity index (χ4n) is 3.06. The lowest BCUT2D eigenvalue weighted by molar-refractivity contribution is -0.141. The fraction of sp³-hybridized carbons (Fsp3) is 0.391. The molecule has 0 radical (unpaired) electrons. The quantitative estimate of drug-likeness (QED) is 0.668. The fourth-order valence-corrected chi connectivity index (χ4v) is 3.28. The average molecular weight is 401 g/mol. The van der Waals surface area contributed by atoms with E-state index >= 15 is 0 Å². The molecule has 4 nitrogen and oxygen atoms in total. The molecule has 0 aliphatic rings. The van der Waals surface area contributed by atoms with E-state index in [9.17, 15) is 9.59 Å². The monoisotopic (exact) mass is 400 g/mol. The smallest absolute Gasteiger partial charge is 0.243 e. The molecule has 0 aliphatic heterocycles. The second-order valence-electron chi connectivity index (χ2n) is 7.06. The Morgan fingerprint density at radius 1 is 1.00 bits per heavy atom. The first-order chi connectivity index (χ1) is 13.4. The molecule has 2 atom stereocenters. The molecule has 0 saturated carbocycles. The van der Waals surface area contributed by atoms with E-state index in [0.29, 0.717) is 18.0 Å². The van der Waals surface area contributed by atoms with E-state index in [0.717, 1.165) is 17.5 Å². The number of nitrogens with one attached hydrogen (secondary N) is 1. The van der Waals surface area contributed by atoms with Crippen LogP contribution >= 0.6 is 11.6 Å². The van der Waals surface area contributed by atoms with Gasteiger partial charge < -0.3 is 10.2 Å². The minimum absolute atomic E-state index is 0.0724. The van der Waals surface area contributed by atoms with Crippen molar-refractivity contribution in [2.45, 2.75) is 58.7 Å². The summed E-state index contributed by atoms with van der Waals surface area (Å²) < 4.78 is 0. The molecular formula is C23H29ClN2O2. The van der Waals surface area contributed by atoms with E-state index in [1.807, 2.05) is 63.2 Å². The summed E-state index contributed by atoms with van der Waals surface area (Å²) in [6, 6.07) is 16.6. The van der Waals surface area contributed by atoms with Crippen molar-refractivity contribution < 1.29 is 9.59 Å². The molecule has 2 aromatic carbocycles. The number of halogens is 1. The maximum absolute atomic E-state index is 13.2. The van der Waals surface area contributed by atoms with Gasteiger partial charge in [-0.25, -0.2) is 0 Å². The summed E-state index contributed by atoms with van der Waals surface area (Å²) in [6.45, 7) is 6.33. The number of amides is 2. The van der Waals surface area contributed by atoms with E-state index < -0.39 is 6.04 Å². The first-order valence-electron chi connectivity index (χ1n) is 9.82. The van der Waals surface area contributed by atoms with Crippen LogP contribution in [0.5, 0.6) is 0 Å². The molecule has 1 N–H and O–H groups in total. The minimum Gasteiger partial charge on any atom is -0.352 e. The lowest BCUT2D eigenvalue weighted by atomic mass is 10.1. The average Bonchev–Trinajstić information content (AvgIpc) is 2.68. The summed E-state index contributed by atoms with van der Waals surface area (Å²) in [5.74, 6) is -0.190. The number of carbonyl (C=O) groups excluding carboxylic acids is 2. The van der Waals surface area contributed by atoms with Gasteiger partial charge in [-0.15, -0.1) is 0 Å². The summed E-state index contributed by atoms with van der Waals surface area (Å²) >= 11 is 6.06. The summed E-state index contributed by atoms with van der Waals surface area (Å²) in [7, 11) is 0. The Kier molecular flexibility index (Phi) is 8.52. The first-order valence-corrected chi connectivity index (χ1v) is 10.2. The van der Waals surface area contributed by atoms with Gasteiger partial charge in [0.2, 0.25) is 11.8 Å². The topological polar surface area (TPSA) is 49.4 Å². The maximum Gasteiger partial charge on any atom is 0.243 e. The number of benzene rings is 2. The highest BCUT2D eigenvalue weighted by molar-refractivity contribution is 6.30. The van der Waals surface area contributed by atoms with Crippen molar-refractivity contribution in [2.75, 3.05) is 0 Å². The van der Waals surface area contributed by atoms with Gasteiger partial charge in [0.1, 0.15) is 6.04 Å². The third-order valence-corrected chi connectivity index (χ3v) is 5.06. The van der Waals surface area contributed by atoms with Crippen LogP contribution in [-0.2, 0) is 22.6 Å². The molecular weight excluding hydrogens is 372 g/mol. The van der Waals surface area contributed by atoms with Crippen LogP contribution in [0.4, 0.5) is 0 Å². The molecule has 0 spiro atoms. The van der Waals surface area contributed by atoms with Crippen LogP contribution in [0.3, 0.4) is 0 Å². The number of rotatable bonds is 9. The predicted octanol–water partition coefficient (Wildman–Crippen LogP) is 4.60. The second kappa shape index (κ2) is 10.9. The Hall–Kier alpha value is -2.33. The Morgan fingerprint density at radius 3 is 2.29 bits per heavy atom. The van der Waals surface area contributed by atoms with Crippen LogP contribution in [-0.4, -0.2) is 28.8 Å². The number of hydrogen-bond acceptors (Lipinski definition) is 2. The highest BCUT2D eigenvalue weighted by Gasteiger charge is 2.29. The third kappa shape index (κ3) is 6.38. The van der Waals surface area contributed by atoms with Gasteiger partial charge in [0, 0.05) is 17.6 Å². The van der Waals surface area contributed by atoms with Crippen LogP contribution in [0.1, 0.15) is 44.7 Å². The zero-order valence-corrected chi connectivity index (χ0v) is 17.6. The zero-order valence-electron chi connectivity index (χ0n) is 16.8. The van der Waals surface area contributed by atoms with Crippen molar-refractivity contribution in [1.29, 1.82) is 0 Å². The van der Waals surface area contributed by atoms with Crippen molar-refractivity contribution in [1.82, 2.24) is 10.2 Å². The number of hydrogen-bond donors (Lipinski definition) is 1. The molecule has 5 heteroatoms. The predicted molar refractivity (Wildman–Crippen MR) is 114 cm³/mol. The van der Waals surface area contributed by atoms with Gasteiger partial charge in [-0.3, -0.25) is 9.59 Å². The van der Waals surface area contributed by atoms with Crippen molar-refractivity contribution in [2.24, 2.45) is 0 Å². The molecule has 0 aliphatic carbocycles. The number of carbonyl (C=O) groups is 2. The zero-order chi connectivity index (χ0) is 20.5. The summed E-state index contributed by atoms with van der Waals surface area (Å²) in [4.78, 5) is 27.7. The molecule has 2 rings (SSSR count). The van der Waals surface area contributed by atoms with Gasteiger partial charge in [-0.1, -0.05) is 67.9 Å². The standard InChI is InChI=1S/C23H29ClN2O2/c1-4-17(3)25-23(28)21(5-2)26(16-18-10-7-6-8-11-18)22(27)15-19-12-9-13-20(24)14-19/h6-14,17,21H,4-5,15-16H2,1-3H3,(H,25,28). The molecule has 0 heterocycles. The first kappa shape index (κ1) is 22.0. The summed E-state index contributed by atoms with van der Waals surface area (Å²) in [5, 5.41) is 3.62. The SMILES string of the molecule is CCC(C)NC(=O)C(CC)N(Cc1ccccc1)C(=O)Cc1cccc(Cl)c1. The lowest BCUT2D eigenvalue weighted by Gasteiger charge is -2.31. The van der Waals surface area contributed by atoms with E-state index in [-0.39, 0.29) is 24.3 Å². The van der Waals surface area contributed by atoms with Crippen molar-refractivity contribution in [3.63, 3.8) is 0 Å². The van der Waals surface area contributed by atoms with Crippen molar-refractivity contribution in [3.8, 4) is 0 Å². The van der Waals surface area contributed by atoms with E-state index in [1.165, 1.54) is 0 Å². The third-order valence-electron chi connectivity index (χ3n) is 4.83. The van der Waals surface area contributed by atoms with Gasteiger partial charge in [0.15, 0.2) is 0 Å². The summed E-state index contributed by atoms with van der Waals surface area (Å²) in [6.07, 6.45) is 1.61. The molecule has 0 bridgehead atoms. The normalized spacial score (nSPS) is 12.9. The van der Waals surface area contributed by atoms with Gasteiger partial charge in [0.25, 0.3) is 0 Å². The minimum atomic E-state index is -0.513. The lowest BCUT2D eigenvalue weighted by Crippen LogP contribution is -2.51. The number of nitrogens with zero attached hydrogens (tertiary/aromatic N) is 1. The highest BCUT2D eigenvalue weighted by atomic mass is 35.5. The summed E-state index contributed by atoms with van der Waals surface area (Å²) in [5.41, 5.74) is 1.84. The molecule has 2 amide bonds. The van der Waals surface area contributed by atoms with Crippen LogP contribution in [0.15, 0.2) is 54.6 Å². The Bertz CT molecular complexity index is 779. The van der Waals surface area contributed by atoms with Gasteiger partial charge in [-0.05, 0) is 43.0 Å². The van der Waals surface area contributed by atoms with E-state index in [1.54, 1.807) is 17.0 Å². The Morgan fingerprint density at radius 2 is 1.68 bits per heavy atom. The van der Waals surface area contributed by atoms with Crippen LogP contribution in [0.2, 0.25) is 5.02 Å². The Balaban J connectivity index is 2.26. The Labute approximate surface area is 172 Å². The van der Waals surface area contributed by atoms with E-state index in [2.05, 4.69) is 5.32 Å². The molecule has 0 aromatic heterocycles. The van der Waals surface area contributed by atoms with Gasteiger partial charge in [0.05, 0.1) is 6.42 Å². The van der Waals surface area contributed by atoms with Crippen LogP contribution in [0.25, 0.3) is 0 Å². The largest absolute Gasteiger partial charge is 0.352 e. The second-order valence-corrected chi connectivity index (χ2v) is 7.49. The molecule has 28 heavy (non-hydrogen) atoms. The molecule has 2 unspecified atom stereocenters. The van der Waals surface area contributed by atoms with Gasteiger partial charge >= 0.3 is 0 Å². The highest BCUT2D eigenvalue weighted by Crippen LogP contribution is 2.17. The van der Waals surface area contributed by atoms with Gasteiger partial charge in [-0.2, -0.15) is 0 Å². The molecule has 2 aromatic rings. The molecule has 150 valence electrons. The van der Waals surface area contributed by atoms with Crippen LogP contribution < -0.4 is 5.32 Å². The maximum atomic E-state index is 13.2. The van der Waals surface area contributed by atoms with E-state index in [4.69, 9.17) is 11.6 Å². The van der Waals surface area contributed by atoms with Crippen molar-refractivity contribution in [3.05, 3.63) is 70.7 Å². The van der Waals surface area contributed by atoms with Crippen LogP contribution in [0, 0.1) is 0 Å². The molecule has 0 saturated heterocycles. The van der Waals surface area contributed by atoms with Crippen molar-refractivity contribution >= 4 is 23.4 Å². The molecule has 0 fully saturated rings.